The number of ether oxygens (including phenoxy) is 2. The Kier molecular flexibility index (Phi) is 7.21. The minimum absolute atomic E-state index is 0.0263. The second-order valence-electron chi connectivity index (χ2n) is 9.29. The van der Waals surface area contributed by atoms with Crippen LogP contribution in [0.2, 0.25) is 0 Å². The Balaban J connectivity index is 1.99. The summed E-state index contributed by atoms with van der Waals surface area (Å²) in [4.78, 5) is 25.9. The van der Waals surface area contributed by atoms with Crippen LogP contribution >= 0.6 is 0 Å². The number of anilines is 1. The molecule has 3 rings (SSSR count). The molecule has 2 aromatic rings. The topological polar surface area (TPSA) is 93.2 Å². The Labute approximate surface area is 199 Å². The average molecular weight is 493 g/mol. The molecule has 1 aliphatic rings. The molecule has 1 unspecified atom stereocenters. The molecule has 0 spiro atoms. The third-order valence-corrected chi connectivity index (χ3v) is 6.82. The first kappa shape index (κ1) is 25.5. The molecular formula is C24H29FN2O6S. The van der Waals surface area contributed by atoms with Crippen molar-refractivity contribution in [1.82, 2.24) is 4.90 Å². The predicted octanol–water partition coefficient (Wildman–Crippen LogP) is 3.14. The monoisotopic (exact) mass is 492 g/mol. The lowest BCUT2D eigenvalue weighted by Crippen LogP contribution is -2.45. The van der Waals surface area contributed by atoms with Gasteiger partial charge in [0.1, 0.15) is 23.3 Å². The average Bonchev–Trinajstić information content (AvgIpc) is 2.72. The predicted molar refractivity (Wildman–Crippen MR) is 125 cm³/mol. The molecule has 2 aromatic carbocycles. The summed E-state index contributed by atoms with van der Waals surface area (Å²) in [7, 11) is -0.897. The largest absolute Gasteiger partial charge is 0.486 e. The van der Waals surface area contributed by atoms with Crippen molar-refractivity contribution < 1.29 is 31.9 Å². The molecule has 0 saturated carbocycles. The Bertz CT molecular complexity index is 1170. The van der Waals surface area contributed by atoms with Crippen molar-refractivity contribution in [2.45, 2.75) is 50.2 Å². The van der Waals surface area contributed by atoms with E-state index in [2.05, 4.69) is 0 Å². The van der Waals surface area contributed by atoms with E-state index < -0.39 is 33.5 Å². The summed E-state index contributed by atoms with van der Waals surface area (Å²) in [6.45, 7) is 5.16. The number of benzene rings is 2. The fourth-order valence-corrected chi connectivity index (χ4v) is 4.96. The number of rotatable bonds is 6. The number of hydrogen-bond acceptors (Lipinski definition) is 6. The van der Waals surface area contributed by atoms with E-state index in [4.69, 9.17) is 9.47 Å². The van der Waals surface area contributed by atoms with Crippen LogP contribution in [0, 0.1) is 5.82 Å². The van der Waals surface area contributed by atoms with Gasteiger partial charge in [-0.05, 0) is 62.7 Å². The van der Waals surface area contributed by atoms with Gasteiger partial charge in [0.2, 0.25) is 5.91 Å². The van der Waals surface area contributed by atoms with Crippen LogP contribution in [0.1, 0.15) is 32.8 Å². The first-order valence-corrected chi connectivity index (χ1v) is 12.2. The van der Waals surface area contributed by atoms with E-state index >= 15 is 0 Å². The van der Waals surface area contributed by atoms with E-state index in [-0.39, 0.29) is 41.6 Å². The number of hydrogen-bond donors (Lipinski definition) is 0. The van der Waals surface area contributed by atoms with Crippen molar-refractivity contribution in [3.8, 4) is 5.75 Å². The summed E-state index contributed by atoms with van der Waals surface area (Å²) < 4.78 is 52.9. The Morgan fingerprint density at radius 1 is 1.15 bits per heavy atom. The quantitative estimate of drug-likeness (QED) is 0.575. The summed E-state index contributed by atoms with van der Waals surface area (Å²) >= 11 is 0. The molecule has 184 valence electrons. The highest BCUT2D eigenvalue weighted by Crippen LogP contribution is 2.38. The maximum Gasteiger partial charge on any atom is 0.310 e. The number of carbonyl (C=O) groups excluding carboxylic acids is 2. The van der Waals surface area contributed by atoms with Gasteiger partial charge in [-0.15, -0.1) is 0 Å². The molecule has 0 fully saturated rings. The first-order valence-electron chi connectivity index (χ1n) is 10.8. The summed E-state index contributed by atoms with van der Waals surface area (Å²) in [5, 5.41) is 0. The Hall–Kier alpha value is -3.14. The molecule has 0 aromatic heterocycles. The van der Waals surface area contributed by atoms with Gasteiger partial charge in [-0.1, -0.05) is 6.07 Å². The third-order valence-electron chi connectivity index (χ3n) is 5.03. The van der Waals surface area contributed by atoms with Gasteiger partial charge in [0.25, 0.3) is 10.0 Å². The highest BCUT2D eigenvalue weighted by molar-refractivity contribution is 7.92. The van der Waals surface area contributed by atoms with Gasteiger partial charge >= 0.3 is 5.97 Å². The minimum Gasteiger partial charge on any atom is -0.486 e. The van der Waals surface area contributed by atoms with E-state index in [0.717, 1.165) is 16.4 Å². The van der Waals surface area contributed by atoms with Crippen LogP contribution < -0.4 is 9.04 Å². The van der Waals surface area contributed by atoms with Crippen molar-refractivity contribution >= 4 is 27.6 Å². The van der Waals surface area contributed by atoms with Gasteiger partial charge < -0.3 is 14.4 Å². The lowest BCUT2D eigenvalue weighted by atomic mass is 10.1. The fourth-order valence-electron chi connectivity index (χ4n) is 3.46. The summed E-state index contributed by atoms with van der Waals surface area (Å²) in [5.41, 5.74) is 0.121. The van der Waals surface area contributed by atoms with Crippen LogP contribution in [0.5, 0.6) is 5.75 Å². The zero-order valence-corrected chi connectivity index (χ0v) is 20.7. The van der Waals surface area contributed by atoms with Crippen LogP contribution in [0.25, 0.3) is 0 Å². The standard InChI is InChI=1S/C24H29FN2O6S/c1-24(2,3)33-23(29)13-16-6-11-21-20(12-16)27(15-18(32-21)14-22(28)26(4)5)34(30,31)19-9-7-17(25)8-10-19/h6-12,18H,13-15H2,1-5H3. The van der Waals surface area contributed by atoms with Gasteiger partial charge in [-0.3, -0.25) is 13.9 Å². The van der Waals surface area contributed by atoms with Gasteiger partial charge in [0, 0.05) is 14.1 Å². The zero-order chi connectivity index (χ0) is 25.3. The number of halogens is 1. The van der Waals surface area contributed by atoms with Crippen molar-refractivity contribution in [2.75, 3.05) is 24.9 Å². The van der Waals surface area contributed by atoms with Crippen molar-refractivity contribution in [2.24, 2.45) is 0 Å². The second kappa shape index (κ2) is 9.61. The maximum absolute atomic E-state index is 13.5. The third kappa shape index (κ3) is 6.05. The molecule has 1 aliphatic heterocycles. The van der Waals surface area contributed by atoms with Gasteiger partial charge in [-0.2, -0.15) is 0 Å². The van der Waals surface area contributed by atoms with Crippen molar-refractivity contribution in [3.63, 3.8) is 0 Å². The minimum atomic E-state index is -4.11. The molecule has 0 saturated heterocycles. The van der Waals surface area contributed by atoms with Crippen LogP contribution in [0.3, 0.4) is 0 Å². The van der Waals surface area contributed by atoms with Crippen LogP contribution in [0.15, 0.2) is 47.4 Å². The number of sulfonamides is 1. The highest BCUT2D eigenvalue weighted by atomic mass is 32.2. The van der Waals surface area contributed by atoms with Crippen LogP contribution in [-0.2, 0) is 30.8 Å². The summed E-state index contributed by atoms with van der Waals surface area (Å²) in [6.07, 6.45) is -0.812. The van der Waals surface area contributed by atoms with E-state index in [9.17, 15) is 22.4 Å². The van der Waals surface area contributed by atoms with Crippen molar-refractivity contribution in [3.05, 3.63) is 53.8 Å². The fraction of sp³-hybridized carbons (Fsp3) is 0.417. The first-order chi connectivity index (χ1) is 15.8. The lowest BCUT2D eigenvalue weighted by molar-refractivity contribution is -0.153. The molecule has 0 aliphatic carbocycles. The zero-order valence-electron chi connectivity index (χ0n) is 19.9. The van der Waals surface area contributed by atoms with Gasteiger partial charge in [-0.25, -0.2) is 12.8 Å². The van der Waals surface area contributed by atoms with Gasteiger partial charge in [0.05, 0.1) is 30.0 Å². The number of carbonyl (C=O) groups is 2. The molecule has 0 bridgehead atoms. The smallest absolute Gasteiger partial charge is 0.310 e. The molecule has 1 atom stereocenters. The lowest BCUT2D eigenvalue weighted by Gasteiger charge is -2.36. The molecule has 1 heterocycles. The van der Waals surface area contributed by atoms with Crippen LogP contribution in [-0.4, -0.2) is 57.5 Å². The number of fused-ring (bicyclic) bond motifs is 1. The van der Waals surface area contributed by atoms with E-state index in [0.29, 0.717) is 5.56 Å². The van der Waals surface area contributed by atoms with Crippen LogP contribution in [0.4, 0.5) is 10.1 Å². The molecule has 1 amide bonds. The molecule has 0 N–H and O–H groups in total. The SMILES string of the molecule is CN(C)C(=O)CC1CN(S(=O)(=O)c2ccc(F)cc2)c2cc(CC(=O)OC(C)(C)C)ccc2O1. The second-order valence-corrected chi connectivity index (χ2v) is 11.1. The molecule has 34 heavy (non-hydrogen) atoms. The molecular weight excluding hydrogens is 463 g/mol. The molecule has 8 nitrogen and oxygen atoms in total. The highest BCUT2D eigenvalue weighted by Gasteiger charge is 2.36. The number of amides is 1. The van der Waals surface area contributed by atoms with E-state index in [1.807, 2.05) is 0 Å². The summed E-state index contributed by atoms with van der Waals surface area (Å²) in [5.74, 6) is -0.961. The van der Waals surface area contributed by atoms with E-state index in [1.54, 1.807) is 53.1 Å². The Morgan fingerprint density at radius 2 is 1.79 bits per heavy atom. The number of esters is 1. The number of nitrogens with zero attached hydrogens (tertiary/aromatic N) is 2. The molecule has 0 radical (unpaired) electrons. The van der Waals surface area contributed by atoms with E-state index in [1.165, 1.54) is 17.0 Å². The van der Waals surface area contributed by atoms with Gasteiger partial charge in [0.15, 0.2) is 0 Å². The maximum atomic E-state index is 13.5. The summed E-state index contributed by atoms with van der Waals surface area (Å²) in [6, 6.07) is 9.30. The normalized spacial score (nSPS) is 15.8. The Morgan fingerprint density at radius 3 is 2.38 bits per heavy atom. The van der Waals surface area contributed by atoms with Crippen molar-refractivity contribution in [1.29, 1.82) is 0 Å². The molecule has 10 heteroatoms.